The first-order valence-corrected chi connectivity index (χ1v) is 10.7. The van der Waals surface area contributed by atoms with Gasteiger partial charge in [-0.1, -0.05) is 0 Å². The van der Waals surface area contributed by atoms with E-state index in [1.54, 1.807) is 19.3 Å². The maximum atomic E-state index is 12.4. The number of anilines is 1. The Morgan fingerprint density at radius 2 is 2.19 bits per heavy atom. The highest BCUT2D eigenvalue weighted by molar-refractivity contribution is 7.90. The first-order valence-electron chi connectivity index (χ1n) is 8.10. The number of carbonyl (C=O) groups excluding carboxylic acids is 2. The minimum absolute atomic E-state index is 0.00301. The molecule has 0 unspecified atom stereocenters. The number of ether oxygens (including phenoxy) is 1. The highest BCUT2D eigenvalue weighted by Gasteiger charge is 2.32. The average molecular weight is 397 g/mol. The first-order chi connectivity index (χ1) is 12.3. The number of nitrogens with one attached hydrogen (secondary N) is 1. The van der Waals surface area contributed by atoms with Gasteiger partial charge in [-0.25, -0.2) is 13.2 Å². The van der Waals surface area contributed by atoms with Crippen LogP contribution in [0.5, 0.6) is 0 Å². The van der Waals surface area contributed by atoms with Gasteiger partial charge in [0.2, 0.25) is 5.91 Å². The molecule has 8 nitrogen and oxygen atoms in total. The van der Waals surface area contributed by atoms with Crippen LogP contribution in [0.25, 0.3) is 0 Å². The van der Waals surface area contributed by atoms with E-state index in [2.05, 4.69) is 10.4 Å². The van der Waals surface area contributed by atoms with Crippen molar-refractivity contribution in [2.24, 2.45) is 0 Å². The number of esters is 1. The molecule has 0 bridgehead atoms. The third-order valence-electron chi connectivity index (χ3n) is 3.91. The molecule has 3 heterocycles. The topological polar surface area (TPSA) is 107 Å². The summed E-state index contributed by atoms with van der Waals surface area (Å²) in [6, 6.07) is 0. The highest BCUT2D eigenvalue weighted by atomic mass is 32.2. The third-order valence-corrected chi connectivity index (χ3v) is 6.79. The first kappa shape index (κ1) is 18.6. The van der Waals surface area contributed by atoms with Crippen LogP contribution in [0.1, 0.15) is 33.3 Å². The molecule has 3 rings (SSSR count). The Morgan fingerprint density at radius 3 is 2.85 bits per heavy atom. The largest absolute Gasteiger partial charge is 0.462 e. The summed E-state index contributed by atoms with van der Waals surface area (Å²) in [4.78, 5) is 25.3. The van der Waals surface area contributed by atoms with Crippen LogP contribution in [0.15, 0.2) is 12.4 Å². The lowest BCUT2D eigenvalue weighted by Crippen LogP contribution is -2.21. The van der Waals surface area contributed by atoms with Gasteiger partial charge in [0.25, 0.3) is 0 Å². The molecular weight excluding hydrogens is 378 g/mol. The zero-order valence-electron chi connectivity index (χ0n) is 14.4. The summed E-state index contributed by atoms with van der Waals surface area (Å²) in [6.07, 6.45) is 3.63. The molecular formula is C16H19N3O5S2. The second-order valence-electron chi connectivity index (χ2n) is 6.03. The molecule has 10 heteroatoms. The summed E-state index contributed by atoms with van der Waals surface area (Å²) >= 11 is 1.12. The van der Waals surface area contributed by atoms with Gasteiger partial charge < -0.3 is 10.1 Å². The summed E-state index contributed by atoms with van der Waals surface area (Å²) in [5.41, 5.74) is 1.86. The second-order valence-corrected chi connectivity index (χ2v) is 9.32. The number of aromatic nitrogens is 2. The lowest BCUT2D eigenvalue weighted by atomic mass is 10.1. The zero-order valence-corrected chi connectivity index (χ0v) is 16.1. The van der Waals surface area contributed by atoms with Crippen LogP contribution in [0, 0.1) is 6.92 Å². The van der Waals surface area contributed by atoms with E-state index in [1.165, 1.54) is 4.68 Å². The van der Waals surface area contributed by atoms with Crippen molar-refractivity contribution in [1.82, 2.24) is 9.78 Å². The van der Waals surface area contributed by atoms with Gasteiger partial charge in [-0.3, -0.25) is 9.48 Å². The Morgan fingerprint density at radius 1 is 1.42 bits per heavy atom. The minimum Gasteiger partial charge on any atom is -0.462 e. The molecule has 140 valence electrons. The average Bonchev–Trinajstić information content (AvgIpc) is 3.09. The number of thiophene rings is 1. The number of hydrogen-bond acceptors (Lipinski definition) is 7. The Bertz CT molecular complexity index is 959. The molecule has 1 N–H and O–H groups in total. The van der Waals surface area contributed by atoms with Crippen LogP contribution in [0.4, 0.5) is 5.00 Å². The van der Waals surface area contributed by atoms with E-state index in [4.69, 9.17) is 4.74 Å². The second kappa shape index (κ2) is 7.20. The van der Waals surface area contributed by atoms with Gasteiger partial charge in [-0.2, -0.15) is 5.10 Å². The summed E-state index contributed by atoms with van der Waals surface area (Å²) in [6.45, 7) is 3.76. The Labute approximate surface area is 155 Å². The smallest absolute Gasteiger partial charge is 0.341 e. The fourth-order valence-electron chi connectivity index (χ4n) is 2.80. The van der Waals surface area contributed by atoms with Crippen molar-refractivity contribution in [2.75, 3.05) is 17.7 Å². The van der Waals surface area contributed by atoms with Crippen molar-refractivity contribution in [2.45, 2.75) is 32.6 Å². The van der Waals surface area contributed by atoms with E-state index in [-0.39, 0.29) is 42.5 Å². The van der Waals surface area contributed by atoms with Crippen LogP contribution in [-0.4, -0.2) is 42.4 Å². The van der Waals surface area contributed by atoms with Crippen molar-refractivity contribution < 1.29 is 22.7 Å². The van der Waals surface area contributed by atoms with Gasteiger partial charge in [0.1, 0.15) is 11.5 Å². The van der Waals surface area contributed by atoms with Crippen molar-refractivity contribution in [3.63, 3.8) is 0 Å². The quantitative estimate of drug-likeness (QED) is 0.767. The standard InChI is InChI=1S/C16H19N3O5S2/c1-3-24-16(21)14-11-4-5-26(22,23)9-12(11)25-15(14)18-13(20)8-19-7-10(2)6-17-19/h6-7H,3-5,8-9H2,1-2H3,(H,18,20). The number of amides is 1. The molecule has 1 aliphatic heterocycles. The predicted octanol–water partition coefficient (Wildman–Crippen LogP) is 1.54. The monoisotopic (exact) mass is 397 g/mol. The summed E-state index contributed by atoms with van der Waals surface area (Å²) < 4.78 is 30.4. The van der Waals surface area contributed by atoms with Crippen molar-refractivity contribution in [3.8, 4) is 0 Å². The van der Waals surface area contributed by atoms with E-state index in [0.717, 1.165) is 16.9 Å². The predicted molar refractivity (Wildman–Crippen MR) is 97.1 cm³/mol. The Hall–Kier alpha value is -2.20. The molecule has 2 aromatic rings. The lowest BCUT2D eigenvalue weighted by molar-refractivity contribution is -0.116. The van der Waals surface area contributed by atoms with E-state index in [0.29, 0.717) is 15.4 Å². The third kappa shape index (κ3) is 3.96. The van der Waals surface area contributed by atoms with Gasteiger partial charge >= 0.3 is 5.97 Å². The molecule has 0 fully saturated rings. The van der Waals surface area contributed by atoms with Crippen molar-refractivity contribution in [1.29, 1.82) is 0 Å². The minimum atomic E-state index is -3.18. The normalized spacial score (nSPS) is 15.3. The van der Waals surface area contributed by atoms with Gasteiger partial charge in [-0.05, 0) is 31.4 Å². The number of nitrogens with zero attached hydrogens (tertiary/aromatic N) is 2. The Kier molecular flexibility index (Phi) is 5.15. The molecule has 0 spiro atoms. The molecule has 0 radical (unpaired) electrons. The maximum absolute atomic E-state index is 12.4. The number of sulfone groups is 1. The molecule has 1 amide bonds. The SMILES string of the molecule is CCOC(=O)c1c(NC(=O)Cn2cc(C)cn2)sc2c1CCS(=O)(=O)C2. The van der Waals surface area contributed by atoms with Gasteiger partial charge in [0.15, 0.2) is 9.84 Å². The van der Waals surface area contributed by atoms with Crippen LogP contribution >= 0.6 is 11.3 Å². The van der Waals surface area contributed by atoms with Crippen LogP contribution in [0.3, 0.4) is 0 Å². The van der Waals surface area contributed by atoms with Crippen molar-refractivity contribution in [3.05, 3.63) is 34.0 Å². The van der Waals surface area contributed by atoms with E-state index >= 15 is 0 Å². The fourth-order valence-corrected chi connectivity index (χ4v) is 5.85. The number of aryl methyl sites for hydroxylation is 1. The van der Waals surface area contributed by atoms with E-state index in [9.17, 15) is 18.0 Å². The number of rotatable bonds is 5. The van der Waals surface area contributed by atoms with Gasteiger partial charge in [-0.15, -0.1) is 11.3 Å². The summed E-state index contributed by atoms with van der Waals surface area (Å²) in [7, 11) is -3.18. The molecule has 0 atom stereocenters. The van der Waals surface area contributed by atoms with E-state index < -0.39 is 15.8 Å². The molecule has 26 heavy (non-hydrogen) atoms. The molecule has 0 saturated carbocycles. The van der Waals surface area contributed by atoms with Crippen LogP contribution in [0.2, 0.25) is 0 Å². The zero-order chi connectivity index (χ0) is 18.9. The summed E-state index contributed by atoms with van der Waals surface area (Å²) in [5.74, 6) is -1.02. The van der Waals surface area contributed by atoms with E-state index in [1.807, 2.05) is 6.92 Å². The number of fused-ring (bicyclic) bond motifs is 1. The summed E-state index contributed by atoms with van der Waals surface area (Å²) in [5, 5.41) is 7.10. The molecule has 0 aromatic carbocycles. The molecule has 1 aliphatic rings. The number of carbonyl (C=O) groups is 2. The molecule has 2 aromatic heterocycles. The van der Waals surface area contributed by atoms with Gasteiger partial charge in [0, 0.05) is 11.1 Å². The fraction of sp³-hybridized carbons (Fsp3) is 0.438. The maximum Gasteiger partial charge on any atom is 0.341 e. The van der Waals surface area contributed by atoms with Crippen LogP contribution < -0.4 is 5.32 Å². The van der Waals surface area contributed by atoms with Crippen LogP contribution in [-0.2, 0) is 38.1 Å². The van der Waals surface area contributed by atoms with Gasteiger partial charge in [0.05, 0.1) is 29.9 Å². The lowest BCUT2D eigenvalue weighted by Gasteiger charge is -2.13. The highest BCUT2D eigenvalue weighted by Crippen LogP contribution is 2.38. The molecule has 0 aliphatic carbocycles. The van der Waals surface area contributed by atoms with Crippen molar-refractivity contribution >= 4 is 38.1 Å². The molecule has 0 saturated heterocycles. The Balaban J connectivity index is 1.88. The number of hydrogen-bond donors (Lipinski definition) is 1.